The first-order valence-electron chi connectivity index (χ1n) is 7.94. The lowest BCUT2D eigenvalue weighted by Crippen LogP contribution is -2.06. The summed E-state index contributed by atoms with van der Waals surface area (Å²) in [7, 11) is 0. The molecule has 3 rings (SSSR count). The fourth-order valence-electron chi connectivity index (χ4n) is 2.65. The van der Waals surface area contributed by atoms with Crippen LogP contribution in [0.5, 0.6) is 5.88 Å². The number of aromatic nitrogens is 2. The average molecular weight is 324 g/mol. The second kappa shape index (κ2) is 6.74. The highest BCUT2D eigenvalue weighted by molar-refractivity contribution is 5.98. The minimum atomic E-state index is -0.357. The van der Waals surface area contributed by atoms with Crippen molar-refractivity contribution in [3.05, 3.63) is 64.8 Å². The zero-order valence-electron chi connectivity index (χ0n) is 14.1. The number of aryl methyl sites for hydroxylation is 2. The van der Waals surface area contributed by atoms with Crippen molar-refractivity contribution in [1.29, 1.82) is 0 Å². The zero-order valence-corrected chi connectivity index (χ0v) is 14.1. The van der Waals surface area contributed by atoms with Crippen molar-refractivity contribution >= 4 is 11.5 Å². The lowest BCUT2D eigenvalue weighted by atomic mass is 10.2. The maximum absolute atomic E-state index is 12.2. The molecule has 0 N–H and O–H groups in total. The van der Waals surface area contributed by atoms with Gasteiger partial charge in [0.2, 0.25) is 5.88 Å². The van der Waals surface area contributed by atoms with E-state index in [1.165, 1.54) is 0 Å². The Hall–Kier alpha value is -2.82. The molecule has 0 saturated heterocycles. The summed E-state index contributed by atoms with van der Waals surface area (Å²) in [4.78, 5) is 12.2. The normalized spacial score (nSPS) is 10.8. The molecule has 2 aromatic heterocycles. The molecule has 0 saturated carbocycles. The number of ether oxygens (including phenoxy) is 2. The molecule has 0 aliphatic heterocycles. The molecule has 0 radical (unpaired) electrons. The fourth-order valence-corrected chi connectivity index (χ4v) is 2.65. The van der Waals surface area contributed by atoms with Crippen molar-refractivity contribution in [1.82, 2.24) is 9.61 Å². The molecule has 5 nitrogen and oxygen atoms in total. The van der Waals surface area contributed by atoms with Crippen LogP contribution < -0.4 is 4.74 Å². The van der Waals surface area contributed by atoms with Crippen LogP contribution in [0.25, 0.3) is 5.52 Å². The minimum absolute atomic E-state index is 0.332. The number of nitrogens with zero attached hydrogens (tertiary/aromatic N) is 2. The zero-order chi connectivity index (χ0) is 17.1. The molecule has 5 heteroatoms. The maximum atomic E-state index is 12.2. The monoisotopic (exact) mass is 324 g/mol. The van der Waals surface area contributed by atoms with E-state index in [1.807, 2.05) is 49.4 Å². The first-order chi connectivity index (χ1) is 11.6. The van der Waals surface area contributed by atoms with E-state index in [0.717, 1.165) is 11.1 Å². The fraction of sp³-hybridized carbons (Fsp3) is 0.263. The van der Waals surface area contributed by atoms with Crippen LogP contribution in [-0.2, 0) is 11.3 Å². The summed E-state index contributed by atoms with van der Waals surface area (Å²) in [5, 5.41) is 4.46. The van der Waals surface area contributed by atoms with Crippen molar-refractivity contribution < 1.29 is 14.3 Å². The minimum Gasteiger partial charge on any atom is -0.473 e. The lowest BCUT2D eigenvalue weighted by molar-refractivity contribution is 0.0528. The van der Waals surface area contributed by atoms with Gasteiger partial charge < -0.3 is 9.47 Å². The first-order valence-corrected chi connectivity index (χ1v) is 7.94. The van der Waals surface area contributed by atoms with Crippen LogP contribution in [0.15, 0.2) is 42.5 Å². The van der Waals surface area contributed by atoms with Crippen LogP contribution in [0.2, 0.25) is 0 Å². The molecule has 0 aliphatic rings. The molecule has 1 aromatic carbocycles. The van der Waals surface area contributed by atoms with E-state index in [2.05, 4.69) is 5.10 Å². The summed E-state index contributed by atoms with van der Waals surface area (Å²) in [5.74, 6) is 0.247. The van der Waals surface area contributed by atoms with Gasteiger partial charge in [-0.25, -0.2) is 4.79 Å². The summed E-state index contributed by atoms with van der Waals surface area (Å²) in [6.07, 6.45) is 0. The number of pyridine rings is 1. The Bertz CT molecular complexity index is 869. The SMILES string of the molecule is CCOC(=O)c1c(C)nn2c(OCc3ccccc3)cc(C)cc12. The lowest BCUT2D eigenvalue weighted by Gasteiger charge is -2.09. The van der Waals surface area contributed by atoms with Gasteiger partial charge in [-0.3, -0.25) is 0 Å². The van der Waals surface area contributed by atoms with Gasteiger partial charge in [0.05, 0.1) is 17.8 Å². The van der Waals surface area contributed by atoms with Crippen molar-refractivity contribution in [3.8, 4) is 5.88 Å². The summed E-state index contributed by atoms with van der Waals surface area (Å²) < 4.78 is 12.8. The van der Waals surface area contributed by atoms with E-state index in [0.29, 0.717) is 35.9 Å². The molecule has 0 bridgehead atoms. The Labute approximate surface area is 140 Å². The van der Waals surface area contributed by atoms with E-state index in [9.17, 15) is 4.79 Å². The van der Waals surface area contributed by atoms with Gasteiger partial charge in [-0.1, -0.05) is 30.3 Å². The van der Waals surface area contributed by atoms with Gasteiger partial charge in [0.15, 0.2) is 0 Å². The molecule has 2 heterocycles. The van der Waals surface area contributed by atoms with E-state index in [4.69, 9.17) is 9.47 Å². The number of benzene rings is 1. The van der Waals surface area contributed by atoms with E-state index < -0.39 is 0 Å². The summed E-state index contributed by atoms with van der Waals surface area (Å²) in [6.45, 7) is 6.33. The van der Waals surface area contributed by atoms with Gasteiger partial charge in [-0.15, -0.1) is 0 Å². The number of esters is 1. The molecule has 0 unspecified atom stereocenters. The predicted octanol–water partition coefficient (Wildman–Crippen LogP) is 3.71. The number of hydrogen-bond acceptors (Lipinski definition) is 4. The third-order valence-corrected chi connectivity index (χ3v) is 3.73. The van der Waals surface area contributed by atoms with E-state index >= 15 is 0 Å². The quantitative estimate of drug-likeness (QED) is 0.671. The summed E-state index contributed by atoms with van der Waals surface area (Å²) >= 11 is 0. The second-order valence-corrected chi connectivity index (χ2v) is 5.62. The van der Waals surface area contributed by atoms with Crippen LogP contribution in [0.3, 0.4) is 0 Å². The molecule has 24 heavy (non-hydrogen) atoms. The van der Waals surface area contributed by atoms with Crippen molar-refractivity contribution in [3.63, 3.8) is 0 Å². The Morgan fingerprint density at radius 1 is 1.17 bits per heavy atom. The molecule has 0 amide bonds. The standard InChI is InChI=1S/C19H20N2O3/c1-4-23-19(22)18-14(3)20-21-16(18)10-13(2)11-17(21)24-12-15-8-6-5-7-9-15/h5-11H,4,12H2,1-3H3. The van der Waals surface area contributed by atoms with Crippen molar-refractivity contribution in [2.75, 3.05) is 6.61 Å². The predicted molar refractivity (Wildman–Crippen MR) is 91.4 cm³/mol. The Morgan fingerprint density at radius 2 is 1.92 bits per heavy atom. The van der Waals surface area contributed by atoms with Crippen molar-refractivity contribution in [2.45, 2.75) is 27.4 Å². The first kappa shape index (κ1) is 16.1. The highest BCUT2D eigenvalue weighted by atomic mass is 16.5. The highest BCUT2D eigenvalue weighted by Gasteiger charge is 2.20. The molecular weight excluding hydrogens is 304 g/mol. The maximum Gasteiger partial charge on any atom is 0.342 e. The second-order valence-electron chi connectivity index (χ2n) is 5.62. The molecule has 0 fully saturated rings. The average Bonchev–Trinajstić information content (AvgIpc) is 2.89. The smallest absolute Gasteiger partial charge is 0.342 e. The van der Waals surface area contributed by atoms with Gasteiger partial charge >= 0.3 is 5.97 Å². The van der Waals surface area contributed by atoms with Crippen LogP contribution in [0.4, 0.5) is 0 Å². The summed E-state index contributed by atoms with van der Waals surface area (Å²) in [5.41, 5.74) is 3.89. The van der Waals surface area contributed by atoms with E-state index in [1.54, 1.807) is 18.4 Å². The van der Waals surface area contributed by atoms with Crippen LogP contribution in [-0.4, -0.2) is 22.2 Å². The number of hydrogen-bond donors (Lipinski definition) is 0. The summed E-state index contributed by atoms with van der Waals surface area (Å²) in [6, 6.07) is 13.8. The third-order valence-electron chi connectivity index (χ3n) is 3.73. The molecule has 3 aromatic rings. The Balaban J connectivity index is 1.99. The Kier molecular flexibility index (Phi) is 4.51. The number of carbonyl (C=O) groups excluding carboxylic acids is 1. The number of carbonyl (C=O) groups is 1. The van der Waals surface area contributed by atoms with Crippen LogP contribution in [0, 0.1) is 13.8 Å². The van der Waals surface area contributed by atoms with E-state index in [-0.39, 0.29) is 5.97 Å². The molecular formula is C19H20N2O3. The van der Waals surface area contributed by atoms with Gasteiger partial charge in [-0.05, 0) is 38.0 Å². The topological polar surface area (TPSA) is 52.8 Å². The van der Waals surface area contributed by atoms with Crippen molar-refractivity contribution in [2.24, 2.45) is 0 Å². The van der Waals surface area contributed by atoms with Crippen LogP contribution >= 0.6 is 0 Å². The number of rotatable bonds is 5. The molecule has 124 valence electrons. The van der Waals surface area contributed by atoms with Gasteiger partial charge in [0.1, 0.15) is 12.2 Å². The highest BCUT2D eigenvalue weighted by Crippen LogP contribution is 2.24. The van der Waals surface area contributed by atoms with Gasteiger partial charge in [-0.2, -0.15) is 9.61 Å². The van der Waals surface area contributed by atoms with Crippen LogP contribution in [0.1, 0.15) is 34.1 Å². The van der Waals surface area contributed by atoms with Gasteiger partial charge in [0.25, 0.3) is 0 Å². The van der Waals surface area contributed by atoms with Gasteiger partial charge in [0, 0.05) is 6.07 Å². The number of fused-ring (bicyclic) bond motifs is 1. The molecule has 0 atom stereocenters. The Morgan fingerprint density at radius 3 is 2.62 bits per heavy atom. The third kappa shape index (κ3) is 3.11. The molecule has 0 aliphatic carbocycles. The molecule has 0 spiro atoms. The largest absolute Gasteiger partial charge is 0.473 e.